The Kier molecular flexibility index (Phi) is 8.33. The van der Waals surface area contributed by atoms with Gasteiger partial charge in [-0.1, -0.05) is 25.8 Å². The van der Waals surface area contributed by atoms with Gasteiger partial charge in [0.1, 0.15) is 5.75 Å². The van der Waals surface area contributed by atoms with Crippen molar-refractivity contribution in [3.8, 4) is 5.75 Å². The molecule has 1 aliphatic heterocycles. The standard InChI is InChI=1S/C17H25F3N2O.ClH/c1-3-4-5-16(22-10-8-21-9-11-22)14-7-6-13(23-2)12-15(14)17(18,19)20;/h6-7,12,16,21H,3-5,8-11H2,1-2H3;1H/t16-;/m0./s1. The number of rotatable bonds is 6. The smallest absolute Gasteiger partial charge is 0.416 e. The van der Waals surface area contributed by atoms with E-state index in [-0.39, 0.29) is 24.2 Å². The van der Waals surface area contributed by atoms with Crippen LogP contribution >= 0.6 is 12.4 Å². The quantitative estimate of drug-likeness (QED) is 0.813. The number of nitrogens with one attached hydrogen (secondary N) is 1. The highest BCUT2D eigenvalue weighted by Crippen LogP contribution is 2.40. The zero-order valence-corrected chi connectivity index (χ0v) is 15.0. The number of hydrogen-bond acceptors (Lipinski definition) is 3. The maximum Gasteiger partial charge on any atom is 0.416 e. The van der Waals surface area contributed by atoms with Crippen molar-refractivity contribution in [1.82, 2.24) is 10.2 Å². The molecular formula is C17H26ClF3N2O. The number of hydrogen-bond donors (Lipinski definition) is 1. The Morgan fingerprint density at radius 3 is 2.46 bits per heavy atom. The third-order valence-corrected chi connectivity index (χ3v) is 4.35. The van der Waals surface area contributed by atoms with E-state index < -0.39 is 11.7 Å². The predicted octanol–water partition coefficient (Wildman–Crippen LogP) is 4.27. The van der Waals surface area contributed by atoms with Gasteiger partial charge in [0.25, 0.3) is 0 Å². The minimum absolute atomic E-state index is 0. The molecule has 1 aromatic rings. The molecule has 0 bridgehead atoms. The summed E-state index contributed by atoms with van der Waals surface area (Å²) in [7, 11) is 1.39. The average Bonchev–Trinajstić information content (AvgIpc) is 2.55. The van der Waals surface area contributed by atoms with Gasteiger partial charge < -0.3 is 10.1 Å². The lowest BCUT2D eigenvalue weighted by Crippen LogP contribution is -2.45. The lowest BCUT2D eigenvalue weighted by Gasteiger charge is -2.36. The van der Waals surface area contributed by atoms with Gasteiger partial charge in [0.2, 0.25) is 0 Å². The molecule has 1 atom stereocenters. The number of nitrogens with zero attached hydrogens (tertiary/aromatic N) is 1. The molecule has 1 aromatic carbocycles. The fourth-order valence-corrected chi connectivity index (χ4v) is 3.12. The summed E-state index contributed by atoms with van der Waals surface area (Å²) in [6.07, 6.45) is -1.74. The zero-order chi connectivity index (χ0) is 16.9. The summed E-state index contributed by atoms with van der Waals surface area (Å²) < 4.78 is 45.6. The van der Waals surface area contributed by atoms with Gasteiger partial charge in [0.15, 0.2) is 0 Å². The van der Waals surface area contributed by atoms with Crippen molar-refractivity contribution in [1.29, 1.82) is 0 Å². The van der Waals surface area contributed by atoms with E-state index in [0.717, 1.165) is 51.5 Å². The molecule has 7 heteroatoms. The van der Waals surface area contributed by atoms with E-state index in [1.807, 2.05) is 0 Å². The van der Waals surface area contributed by atoms with E-state index in [4.69, 9.17) is 4.74 Å². The minimum Gasteiger partial charge on any atom is -0.497 e. The second-order valence-electron chi connectivity index (χ2n) is 5.89. The monoisotopic (exact) mass is 366 g/mol. The second-order valence-corrected chi connectivity index (χ2v) is 5.89. The van der Waals surface area contributed by atoms with Crippen molar-refractivity contribution in [3.05, 3.63) is 29.3 Å². The molecule has 0 radical (unpaired) electrons. The van der Waals surface area contributed by atoms with Gasteiger partial charge in [-0.3, -0.25) is 4.90 Å². The molecule has 3 nitrogen and oxygen atoms in total. The van der Waals surface area contributed by atoms with E-state index in [9.17, 15) is 13.2 Å². The minimum atomic E-state index is -4.37. The lowest BCUT2D eigenvalue weighted by molar-refractivity contribution is -0.139. The Hall–Kier alpha value is -0.980. The number of alkyl halides is 3. The molecule has 0 amide bonds. The molecule has 1 fully saturated rings. The zero-order valence-electron chi connectivity index (χ0n) is 14.2. The molecule has 0 aliphatic carbocycles. The van der Waals surface area contributed by atoms with E-state index in [2.05, 4.69) is 17.1 Å². The predicted molar refractivity (Wildman–Crippen MR) is 92.0 cm³/mol. The molecule has 24 heavy (non-hydrogen) atoms. The van der Waals surface area contributed by atoms with Crippen LogP contribution in [0.4, 0.5) is 13.2 Å². The van der Waals surface area contributed by atoms with E-state index in [1.54, 1.807) is 12.1 Å². The van der Waals surface area contributed by atoms with Crippen LogP contribution in [0.25, 0.3) is 0 Å². The summed E-state index contributed by atoms with van der Waals surface area (Å²) in [4.78, 5) is 2.17. The first-order valence-corrected chi connectivity index (χ1v) is 8.17. The first-order chi connectivity index (χ1) is 11.0. The van der Waals surface area contributed by atoms with Crippen molar-refractivity contribution < 1.29 is 17.9 Å². The van der Waals surface area contributed by atoms with Gasteiger partial charge in [-0.25, -0.2) is 0 Å². The molecular weight excluding hydrogens is 341 g/mol. The first-order valence-electron chi connectivity index (χ1n) is 8.17. The largest absolute Gasteiger partial charge is 0.497 e. The number of unbranched alkanes of at least 4 members (excludes halogenated alkanes) is 1. The third kappa shape index (κ3) is 5.26. The fourth-order valence-electron chi connectivity index (χ4n) is 3.12. The Morgan fingerprint density at radius 2 is 1.92 bits per heavy atom. The topological polar surface area (TPSA) is 24.5 Å². The number of benzene rings is 1. The van der Waals surface area contributed by atoms with Crippen molar-refractivity contribution in [2.24, 2.45) is 0 Å². The highest BCUT2D eigenvalue weighted by molar-refractivity contribution is 5.85. The Bertz CT molecular complexity index is 505. The fraction of sp³-hybridized carbons (Fsp3) is 0.647. The van der Waals surface area contributed by atoms with E-state index >= 15 is 0 Å². The van der Waals surface area contributed by atoms with Crippen LogP contribution in [-0.4, -0.2) is 38.2 Å². The van der Waals surface area contributed by atoms with Gasteiger partial charge in [0.05, 0.1) is 12.7 Å². The van der Waals surface area contributed by atoms with Crippen molar-refractivity contribution in [2.75, 3.05) is 33.3 Å². The third-order valence-electron chi connectivity index (χ3n) is 4.35. The van der Waals surface area contributed by atoms with Gasteiger partial charge in [0, 0.05) is 32.2 Å². The second kappa shape index (κ2) is 9.49. The van der Waals surface area contributed by atoms with Crippen LogP contribution in [0.5, 0.6) is 5.75 Å². The summed E-state index contributed by atoms with van der Waals surface area (Å²) in [5, 5.41) is 3.26. The van der Waals surface area contributed by atoms with Crippen LogP contribution < -0.4 is 10.1 Å². The van der Waals surface area contributed by atoms with Gasteiger partial charge in [-0.15, -0.1) is 12.4 Å². The molecule has 0 spiro atoms. The van der Waals surface area contributed by atoms with Gasteiger partial charge >= 0.3 is 6.18 Å². The Morgan fingerprint density at radius 1 is 1.25 bits per heavy atom. The number of halogens is 4. The molecule has 2 rings (SSSR count). The maximum absolute atomic E-state index is 13.5. The van der Waals surface area contributed by atoms with Crippen molar-refractivity contribution in [3.63, 3.8) is 0 Å². The van der Waals surface area contributed by atoms with E-state index in [1.165, 1.54) is 7.11 Å². The highest BCUT2D eigenvalue weighted by atomic mass is 35.5. The molecule has 1 N–H and O–H groups in total. The van der Waals surface area contributed by atoms with Crippen LogP contribution in [0.2, 0.25) is 0 Å². The Balaban J connectivity index is 0.00000288. The van der Waals surface area contributed by atoms with Gasteiger partial charge in [-0.05, 0) is 24.1 Å². The summed E-state index contributed by atoms with van der Waals surface area (Å²) >= 11 is 0. The van der Waals surface area contributed by atoms with Crippen LogP contribution in [-0.2, 0) is 6.18 Å². The summed E-state index contributed by atoms with van der Waals surface area (Å²) in [6, 6.07) is 4.14. The molecule has 0 unspecified atom stereocenters. The molecule has 0 saturated carbocycles. The number of methoxy groups -OCH3 is 1. The highest BCUT2D eigenvalue weighted by Gasteiger charge is 2.37. The lowest BCUT2D eigenvalue weighted by atomic mass is 9.93. The van der Waals surface area contributed by atoms with Crippen molar-refractivity contribution >= 4 is 12.4 Å². The first kappa shape index (κ1) is 21.1. The van der Waals surface area contributed by atoms with Crippen LogP contribution in [0.1, 0.15) is 43.4 Å². The summed E-state index contributed by atoms with van der Waals surface area (Å²) in [6.45, 7) is 5.25. The molecule has 1 heterocycles. The average molecular weight is 367 g/mol. The maximum atomic E-state index is 13.5. The summed E-state index contributed by atoms with van der Waals surface area (Å²) in [5.74, 6) is 0.246. The van der Waals surface area contributed by atoms with Crippen LogP contribution in [0, 0.1) is 0 Å². The SMILES string of the molecule is CCCC[C@@H](c1ccc(OC)cc1C(F)(F)F)N1CCNCC1.Cl. The molecule has 1 saturated heterocycles. The molecule has 0 aromatic heterocycles. The normalized spacial score (nSPS) is 17.2. The van der Waals surface area contributed by atoms with Crippen molar-refractivity contribution in [2.45, 2.75) is 38.4 Å². The van der Waals surface area contributed by atoms with Crippen LogP contribution in [0.3, 0.4) is 0 Å². The van der Waals surface area contributed by atoms with E-state index in [0.29, 0.717) is 5.56 Å². The number of piperazine rings is 1. The van der Waals surface area contributed by atoms with Crippen LogP contribution in [0.15, 0.2) is 18.2 Å². The Labute approximate surface area is 148 Å². The number of ether oxygens (including phenoxy) is 1. The van der Waals surface area contributed by atoms with Gasteiger partial charge in [-0.2, -0.15) is 13.2 Å². The molecule has 138 valence electrons. The summed E-state index contributed by atoms with van der Waals surface area (Å²) in [5.41, 5.74) is -0.204. The molecule has 1 aliphatic rings.